The number of aryl methyl sites for hydroxylation is 1. The van der Waals surface area contributed by atoms with E-state index in [1.807, 2.05) is 31.2 Å². The molecule has 2 aliphatic rings. The summed E-state index contributed by atoms with van der Waals surface area (Å²) in [5.41, 5.74) is 2.90. The van der Waals surface area contributed by atoms with Gasteiger partial charge in [0.15, 0.2) is 5.84 Å². The molecule has 33 heavy (non-hydrogen) atoms. The first-order chi connectivity index (χ1) is 15.9. The van der Waals surface area contributed by atoms with Gasteiger partial charge >= 0.3 is 5.97 Å². The summed E-state index contributed by atoms with van der Waals surface area (Å²) in [4.78, 5) is 27.8. The maximum atomic E-state index is 12.7. The van der Waals surface area contributed by atoms with E-state index in [1.165, 1.54) is 35.0 Å². The summed E-state index contributed by atoms with van der Waals surface area (Å²) >= 11 is 1.25. The number of carboxylic acid groups (broad SMARTS) is 1. The lowest BCUT2D eigenvalue weighted by Crippen LogP contribution is -2.35. The number of aromatic carboxylic acids is 1. The van der Waals surface area contributed by atoms with Crippen LogP contribution in [0.1, 0.15) is 27.2 Å². The minimum atomic E-state index is -1.01. The van der Waals surface area contributed by atoms with Crippen LogP contribution in [0.3, 0.4) is 0 Å². The molecule has 2 aromatic carbocycles. The number of furan rings is 1. The van der Waals surface area contributed by atoms with Crippen molar-refractivity contribution >= 4 is 45.8 Å². The highest BCUT2D eigenvalue weighted by Crippen LogP contribution is 2.32. The maximum Gasteiger partial charge on any atom is 0.335 e. The highest BCUT2D eigenvalue weighted by atomic mass is 32.2. The Morgan fingerprint density at radius 3 is 2.61 bits per heavy atom. The molecule has 5 rings (SSSR count). The normalized spacial score (nSPS) is 16.6. The molecule has 0 atom stereocenters. The van der Waals surface area contributed by atoms with E-state index >= 15 is 0 Å². The second kappa shape index (κ2) is 8.03. The average molecular weight is 456 g/mol. The van der Waals surface area contributed by atoms with Crippen molar-refractivity contribution in [3.63, 3.8) is 0 Å². The van der Waals surface area contributed by atoms with E-state index in [1.54, 1.807) is 24.3 Å². The van der Waals surface area contributed by atoms with E-state index < -0.39 is 11.9 Å². The Labute approximate surface area is 192 Å². The lowest BCUT2D eigenvalue weighted by molar-refractivity contribution is -0.114. The zero-order chi connectivity index (χ0) is 23.1. The number of amides is 1. The Morgan fingerprint density at radius 2 is 1.88 bits per heavy atom. The number of carboxylic acids is 1. The van der Waals surface area contributed by atoms with Gasteiger partial charge < -0.3 is 9.52 Å². The van der Waals surface area contributed by atoms with Gasteiger partial charge in [-0.05, 0) is 54.6 Å². The third-order valence-corrected chi connectivity index (χ3v) is 6.10. The predicted molar refractivity (Wildman–Crippen MR) is 126 cm³/mol. The van der Waals surface area contributed by atoms with Crippen LogP contribution in [0, 0.1) is 12.3 Å². The Hall–Kier alpha value is -4.24. The third-order valence-electron chi connectivity index (χ3n) is 5.16. The van der Waals surface area contributed by atoms with Gasteiger partial charge in [0.25, 0.3) is 5.91 Å². The largest absolute Gasteiger partial charge is 0.478 e. The highest BCUT2D eigenvalue weighted by molar-refractivity contribution is 8.27. The molecule has 0 saturated carbocycles. The van der Waals surface area contributed by atoms with E-state index in [4.69, 9.17) is 14.9 Å². The monoisotopic (exact) mass is 456 g/mol. The van der Waals surface area contributed by atoms with Crippen LogP contribution in [-0.4, -0.2) is 38.0 Å². The number of thioether (sulfide) groups is 1. The van der Waals surface area contributed by atoms with Crippen molar-refractivity contribution in [1.82, 2.24) is 5.01 Å². The van der Waals surface area contributed by atoms with Crippen LogP contribution in [0.25, 0.3) is 17.4 Å². The summed E-state index contributed by atoms with van der Waals surface area (Å²) in [7, 11) is 0. The van der Waals surface area contributed by atoms with Gasteiger partial charge in [0.1, 0.15) is 16.6 Å². The van der Waals surface area contributed by atoms with Crippen molar-refractivity contribution in [2.45, 2.75) is 6.92 Å². The molecule has 162 valence electrons. The van der Waals surface area contributed by atoms with E-state index in [0.29, 0.717) is 27.3 Å². The zero-order valence-electron chi connectivity index (χ0n) is 17.3. The molecular weight excluding hydrogens is 440 g/mol. The molecule has 0 fully saturated rings. The van der Waals surface area contributed by atoms with Crippen molar-refractivity contribution in [2.24, 2.45) is 10.1 Å². The maximum absolute atomic E-state index is 12.7. The van der Waals surface area contributed by atoms with Crippen LogP contribution in [0.15, 0.2) is 80.7 Å². The van der Waals surface area contributed by atoms with Gasteiger partial charge in [0.05, 0.1) is 11.1 Å². The van der Waals surface area contributed by atoms with Gasteiger partial charge in [-0.3, -0.25) is 10.2 Å². The summed E-state index contributed by atoms with van der Waals surface area (Å²) in [6.45, 7) is 1.98. The van der Waals surface area contributed by atoms with Gasteiger partial charge in [-0.2, -0.15) is 15.1 Å². The smallest absolute Gasteiger partial charge is 0.335 e. The first-order valence-corrected chi connectivity index (χ1v) is 10.7. The molecule has 1 aromatic heterocycles. The van der Waals surface area contributed by atoms with Gasteiger partial charge in [0, 0.05) is 11.1 Å². The second-order valence-corrected chi connectivity index (χ2v) is 8.28. The highest BCUT2D eigenvalue weighted by Gasteiger charge is 2.36. The Kier molecular flexibility index (Phi) is 5.02. The first-order valence-electron chi connectivity index (χ1n) is 9.90. The van der Waals surface area contributed by atoms with Gasteiger partial charge in [-0.25, -0.2) is 4.79 Å². The fraction of sp³-hybridized carbons (Fsp3) is 0.0417. The zero-order valence-corrected chi connectivity index (χ0v) is 18.1. The number of aliphatic imine (C=N–C) groups is 1. The molecular formula is C24H16N4O4S. The van der Waals surface area contributed by atoms with Gasteiger partial charge in [0.2, 0.25) is 5.17 Å². The molecule has 0 spiro atoms. The fourth-order valence-electron chi connectivity index (χ4n) is 3.42. The molecule has 0 unspecified atom stereocenters. The minimum absolute atomic E-state index is 0.0660. The van der Waals surface area contributed by atoms with Crippen molar-refractivity contribution in [1.29, 1.82) is 5.41 Å². The molecule has 9 heteroatoms. The van der Waals surface area contributed by atoms with Crippen LogP contribution >= 0.6 is 11.8 Å². The van der Waals surface area contributed by atoms with E-state index in [9.17, 15) is 9.59 Å². The van der Waals surface area contributed by atoms with Crippen molar-refractivity contribution < 1.29 is 19.1 Å². The number of nitrogens with one attached hydrogen (secondary N) is 1. The molecule has 2 N–H and O–H groups in total. The molecule has 3 aromatic rings. The number of hydrazone groups is 1. The van der Waals surface area contributed by atoms with Crippen LogP contribution in [0.5, 0.6) is 0 Å². The van der Waals surface area contributed by atoms with E-state index in [2.05, 4.69) is 10.1 Å². The van der Waals surface area contributed by atoms with Gasteiger partial charge in [-0.15, -0.1) is 0 Å². The number of hydrogen-bond acceptors (Lipinski definition) is 6. The summed E-state index contributed by atoms with van der Waals surface area (Å²) in [6.07, 6.45) is 1.46. The number of rotatable bonds is 4. The predicted octanol–water partition coefficient (Wildman–Crippen LogP) is 4.62. The lowest BCUT2D eigenvalue weighted by atomic mass is 10.1. The Bertz CT molecular complexity index is 1420. The number of carbonyl (C=O) groups is 2. The average Bonchev–Trinajstić information content (AvgIpc) is 3.44. The van der Waals surface area contributed by atoms with Crippen molar-refractivity contribution in [3.05, 3.63) is 88.7 Å². The molecule has 0 aliphatic carbocycles. The van der Waals surface area contributed by atoms with Crippen molar-refractivity contribution in [3.8, 4) is 11.3 Å². The molecule has 1 amide bonds. The summed E-state index contributed by atoms with van der Waals surface area (Å²) in [5.74, 6) is -0.744. The van der Waals surface area contributed by atoms with Crippen LogP contribution < -0.4 is 0 Å². The number of carbonyl (C=O) groups excluding carboxylic acids is 1. The van der Waals surface area contributed by atoms with Crippen LogP contribution in [0.2, 0.25) is 0 Å². The van der Waals surface area contributed by atoms with E-state index in [0.717, 1.165) is 11.1 Å². The SMILES string of the molecule is Cc1ccccc1C1=NN2C(=N)/C(=C\c3ccc(-c4ccc(C(=O)O)cc4)o3)C(=O)N=C2S1. The quantitative estimate of drug-likeness (QED) is 0.553. The summed E-state index contributed by atoms with van der Waals surface area (Å²) in [6, 6.07) is 17.4. The molecule has 0 radical (unpaired) electrons. The third kappa shape index (κ3) is 3.79. The number of amidine groups is 2. The van der Waals surface area contributed by atoms with Crippen LogP contribution in [-0.2, 0) is 4.79 Å². The first kappa shape index (κ1) is 20.7. The minimum Gasteiger partial charge on any atom is -0.478 e. The summed E-state index contributed by atoms with van der Waals surface area (Å²) in [5, 5.41) is 24.5. The topological polar surface area (TPSA) is 119 Å². The summed E-state index contributed by atoms with van der Waals surface area (Å²) < 4.78 is 5.81. The number of fused-ring (bicyclic) bond motifs is 1. The number of benzene rings is 2. The Balaban J connectivity index is 1.43. The number of hydrogen-bond donors (Lipinski definition) is 2. The second-order valence-electron chi connectivity index (χ2n) is 7.32. The lowest BCUT2D eigenvalue weighted by Gasteiger charge is -2.19. The van der Waals surface area contributed by atoms with Gasteiger partial charge in [-0.1, -0.05) is 36.4 Å². The van der Waals surface area contributed by atoms with Crippen molar-refractivity contribution in [2.75, 3.05) is 0 Å². The molecule has 0 saturated heterocycles. The number of nitrogens with zero attached hydrogens (tertiary/aromatic N) is 3. The van der Waals surface area contributed by atoms with E-state index in [-0.39, 0.29) is 17.0 Å². The molecule has 8 nitrogen and oxygen atoms in total. The molecule has 2 aliphatic heterocycles. The fourth-order valence-corrected chi connectivity index (χ4v) is 4.40. The Morgan fingerprint density at radius 1 is 1.12 bits per heavy atom. The van der Waals surface area contributed by atoms with Crippen LogP contribution in [0.4, 0.5) is 0 Å². The molecule has 0 bridgehead atoms. The molecule has 3 heterocycles. The standard InChI is InChI=1S/C24H16N4O4S/c1-13-4-2-3-5-17(13)22-27-28-20(25)18(21(29)26-24(28)33-22)12-16-10-11-19(32-16)14-6-8-15(9-7-14)23(30)31/h2-12,25H,1H3,(H,30,31)/b18-12+,25-20?.